The molecule has 0 fully saturated rings. The molecule has 0 aliphatic heterocycles. The van der Waals surface area contributed by atoms with E-state index in [9.17, 15) is 0 Å². The van der Waals surface area contributed by atoms with Gasteiger partial charge in [0.2, 0.25) is 0 Å². The third kappa shape index (κ3) is 67.4. The molecule has 3 nitrogen and oxygen atoms in total. The molecule has 0 atom stereocenters. The van der Waals surface area contributed by atoms with Gasteiger partial charge < -0.3 is 53.6 Å². The quantitative estimate of drug-likeness (QED) is 0.425. The maximum Gasteiger partial charge on any atom is 3.00 e. The van der Waals surface area contributed by atoms with Gasteiger partial charge in [-0.3, -0.25) is 0 Å². The molecular formula is H6CeCl3O3. The van der Waals surface area contributed by atoms with Gasteiger partial charge in [-0.25, -0.2) is 0 Å². The summed E-state index contributed by atoms with van der Waals surface area (Å²) in [6, 6.07) is 0. The smallest absolute Gasteiger partial charge is 1.00 e. The van der Waals surface area contributed by atoms with E-state index in [4.69, 9.17) is 0 Å². The van der Waals surface area contributed by atoms with Gasteiger partial charge in [-0.1, -0.05) is 0 Å². The van der Waals surface area contributed by atoms with Crippen molar-refractivity contribution in [3.05, 3.63) is 0 Å². The van der Waals surface area contributed by atoms with E-state index in [1.807, 2.05) is 0 Å². The van der Waals surface area contributed by atoms with Crippen LogP contribution in [0.1, 0.15) is 0 Å². The van der Waals surface area contributed by atoms with E-state index in [0.717, 1.165) is 0 Å². The monoisotopic (exact) mass is 299 g/mol. The van der Waals surface area contributed by atoms with E-state index in [1.54, 1.807) is 0 Å². The first-order chi connectivity index (χ1) is 0. The normalized spacial score (nSPS) is 0. The third-order valence-corrected chi connectivity index (χ3v) is 0. The molecule has 0 spiro atoms. The van der Waals surface area contributed by atoms with Gasteiger partial charge in [0.05, 0.1) is 0 Å². The fraction of sp³-hybridized carbons (Fsp3) is 0. The van der Waals surface area contributed by atoms with Crippen molar-refractivity contribution in [3.8, 4) is 0 Å². The zero-order valence-corrected chi connectivity index (χ0v) is 8.54. The summed E-state index contributed by atoms with van der Waals surface area (Å²) >= 11 is 0. The maximum absolute atomic E-state index is 0. The van der Waals surface area contributed by atoms with E-state index >= 15 is 0 Å². The fourth-order valence-corrected chi connectivity index (χ4v) is 0. The summed E-state index contributed by atoms with van der Waals surface area (Å²) in [4.78, 5) is 0. The molecule has 1 radical (unpaired) electrons. The number of rotatable bonds is 0. The fourth-order valence-electron chi connectivity index (χ4n) is 0. The molecule has 7 heavy (non-hydrogen) atoms. The Morgan fingerprint density at radius 3 is 0.429 bits per heavy atom. The summed E-state index contributed by atoms with van der Waals surface area (Å²) in [7, 11) is 0. The molecule has 49 valence electrons. The molecule has 0 aromatic heterocycles. The van der Waals surface area contributed by atoms with Gasteiger partial charge in [-0.15, -0.1) is 0 Å². The molecule has 6 N–H and O–H groups in total. The van der Waals surface area contributed by atoms with Crippen LogP contribution < -0.4 is 37.2 Å². The van der Waals surface area contributed by atoms with Crippen LogP contribution in [0.25, 0.3) is 0 Å². The molecule has 0 aromatic carbocycles. The molecule has 0 heterocycles. The molecule has 0 aliphatic rings. The average Bonchev–Trinajstić information content (AvgIpc) is 0. The zero-order chi connectivity index (χ0) is 0. The second-order valence-corrected chi connectivity index (χ2v) is 0. The minimum atomic E-state index is 0. The van der Waals surface area contributed by atoms with Crippen LogP contribution in [0.2, 0.25) is 0 Å². The van der Waals surface area contributed by atoms with Gasteiger partial charge in [0, 0.05) is 0 Å². The minimum Gasteiger partial charge on any atom is -1.00 e. The van der Waals surface area contributed by atoms with E-state index in [0.29, 0.717) is 0 Å². The van der Waals surface area contributed by atoms with Crippen LogP contribution >= 0.6 is 0 Å². The van der Waals surface area contributed by atoms with E-state index in [1.165, 1.54) is 0 Å². The number of halogens is 3. The Balaban J connectivity index is 0. The second kappa shape index (κ2) is 91.3. The van der Waals surface area contributed by atoms with E-state index in [2.05, 4.69) is 0 Å². The minimum absolute atomic E-state index is 0. The van der Waals surface area contributed by atoms with Gasteiger partial charge in [0.25, 0.3) is 0 Å². The van der Waals surface area contributed by atoms with Crippen molar-refractivity contribution in [2.75, 3.05) is 0 Å². The molecular weight excluding hydrogens is 294 g/mol. The van der Waals surface area contributed by atoms with Crippen molar-refractivity contribution < 1.29 is 95.4 Å². The Hall–Kier alpha value is 2.13. The Bertz CT molecular complexity index is 10.1. The van der Waals surface area contributed by atoms with Crippen LogP contribution in [0.5, 0.6) is 0 Å². The summed E-state index contributed by atoms with van der Waals surface area (Å²) < 4.78 is 0. The number of hydrogen-bond donors (Lipinski definition) is 0. The summed E-state index contributed by atoms with van der Waals surface area (Å²) in [5, 5.41) is 0. The molecule has 0 bridgehead atoms. The van der Waals surface area contributed by atoms with Crippen LogP contribution in [0.4, 0.5) is 0 Å². The first-order valence-electron chi connectivity index (χ1n) is 0. The molecule has 0 saturated carbocycles. The van der Waals surface area contributed by atoms with Crippen molar-refractivity contribution in [1.82, 2.24) is 0 Å². The van der Waals surface area contributed by atoms with Crippen LogP contribution in [-0.2, 0) is 0 Å². The topological polar surface area (TPSA) is 94.5 Å². The Labute approximate surface area is 94.2 Å². The molecule has 7 heteroatoms. The third-order valence-electron chi connectivity index (χ3n) is 0. The molecule has 0 aromatic rings. The summed E-state index contributed by atoms with van der Waals surface area (Å²) in [5.41, 5.74) is 0. The van der Waals surface area contributed by atoms with Gasteiger partial charge in [0.15, 0.2) is 0 Å². The van der Waals surface area contributed by atoms with Crippen LogP contribution in [0.15, 0.2) is 0 Å². The predicted octanol–water partition coefficient (Wildman–Crippen LogP) is -11.5. The van der Waals surface area contributed by atoms with Gasteiger partial charge in [-0.2, -0.15) is 0 Å². The van der Waals surface area contributed by atoms with Crippen LogP contribution in [-0.4, -0.2) is 16.4 Å². The molecule has 0 unspecified atom stereocenters. The molecule has 0 rings (SSSR count). The summed E-state index contributed by atoms with van der Waals surface area (Å²) in [6.45, 7) is 0. The van der Waals surface area contributed by atoms with Crippen molar-refractivity contribution in [1.29, 1.82) is 0 Å². The summed E-state index contributed by atoms with van der Waals surface area (Å²) in [6.07, 6.45) is 0. The Kier molecular flexibility index (Phi) is 1740. The first-order valence-corrected chi connectivity index (χ1v) is 0. The Morgan fingerprint density at radius 2 is 0.429 bits per heavy atom. The standard InChI is InChI=1S/Ce.3ClH.3H2O/h;3*1H;3*1H2/q+3;;;;;;/p-3. The SMILES string of the molecule is O.O.O.[Ce+3].[Cl-].[Cl-].[Cl-]. The Morgan fingerprint density at radius 1 is 0.429 bits per heavy atom. The van der Waals surface area contributed by atoms with Crippen molar-refractivity contribution >= 4 is 0 Å². The van der Waals surface area contributed by atoms with Gasteiger partial charge in [-0.05, 0) is 0 Å². The van der Waals surface area contributed by atoms with Crippen molar-refractivity contribution in [2.24, 2.45) is 0 Å². The first kappa shape index (κ1) is 133. The maximum atomic E-state index is 0. The van der Waals surface area contributed by atoms with Gasteiger partial charge in [0.1, 0.15) is 0 Å². The zero-order valence-electron chi connectivity index (χ0n) is 3.13. The second-order valence-electron chi connectivity index (χ2n) is 0. The molecule has 0 amide bonds. The largest absolute Gasteiger partial charge is 3.00 e. The van der Waals surface area contributed by atoms with Crippen molar-refractivity contribution in [2.45, 2.75) is 0 Å². The molecule has 0 aliphatic carbocycles. The number of hydrogen-bond acceptors (Lipinski definition) is 0. The van der Waals surface area contributed by atoms with Crippen molar-refractivity contribution in [3.63, 3.8) is 0 Å². The summed E-state index contributed by atoms with van der Waals surface area (Å²) in [5.74, 6) is 0. The average molecular weight is 301 g/mol. The predicted molar refractivity (Wildman–Crippen MR) is 10.8 cm³/mol. The van der Waals surface area contributed by atoms with Gasteiger partial charge >= 0.3 is 41.7 Å². The van der Waals surface area contributed by atoms with Crippen LogP contribution in [0.3, 0.4) is 0 Å². The van der Waals surface area contributed by atoms with Crippen LogP contribution in [0, 0.1) is 41.7 Å². The van der Waals surface area contributed by atoms with E-state index < -0.39 is 0 Å². The molecule has 0 saturated heterocycles. The van der Waals surface area contributed by atoms with E-state index in [-0.39, 0.29) is 95.4 Å².